The monoisotopic (exact) mass is 234 g/mol. The molecular formula is C9H11ClO5. The largest absolute Gasteiger partial charge is 0.505 e. The van der Waals surface area contributed by atoms with Crippen LogP contribution in [0.25, 0.3) is 0 Å². The quantitative estimate of drug-likeness (QED) is 0.722. The SMILES string of the molecule is COC1=C(O)C(Cl)(OC)CC(C(=O)O)=C1. The lowest BCUT2D eigenvalue weighted by atomic mass is 9.99. The lowest BCUT2D eigenvalue weighted by Gasteiger charge is -2.29. The van der Waals surface area contributed by atoms with E-state index < -0.39 is 11.0 Å². The van der Waals surface area contributed by atoms with Crippen molar-refractivity contribution in [2.45, 2.75) is 11.5 Å². The van der Waals surface area contributed by atoms with Crippen LogP contribution in [0.5, 0.6) is 0 Å². The van der Waals surface area contributed by atoms with Gasteiger partial charge in [0, 0.05) is 19.1 Å². The third-order valence-corrected chi connectivity index (χ3v) is 2.60. The number of rotatable bonds is 3. The third kappa shape index (κ3) is 2.08. The summed E-state index contributed by atoms with van der Waals surface area (Å²) >= 11 is 5.91. The van der Waals surface area contributed by atoms with E-state index in [1.807, 2.05) is 0 Å². The lowest BCUT2D eigenvalue weighted by molar-refractivity contribution is -0.133. The molecule has 0 radical (unpaired) electrons. The fourth-order valence-electron chi connectivity index (χ4n) is 1.25. The summed E-state index contributed by atoms with van der Waals surface area (Å²) in [6.45, 7) is 0. The van der Waals surface area contributed by atoms with Crippen LogP contribution in [0.4, 0.5) is 0 Å². The van der Waals surface area contributed by atoms with Gasteiger partial charge in [0.25, 0.3) is 0 Å². The molecule has 0 aromatic rings. The van der Waals surface area contributed by atoms with Crippen LogP contribution in [-0.4, -0.2) is 35.5 Å². The van der Waals surface area contributed by atoms with E-state index in [1.165, 1.54) is 20.3 Å². The first-order valence-corrected chi connectivity index (χ1v) is 4.48. The molecule has 0 spiro atoms. The van der Waals surface area contributed by atoms with E-state index in [0.717, 1.165) is 0 Å². The number of aliphatic hydroxyl groups excluding tert-OH is 1. The smallest absolute Gasteiger partial charge is 0.331 e. The van der Waals surface area contributed by atoms with Gasteiger partial charge in [-0.05, 0) is 6.08 Å². The van der Waals surface area contributed by atoms with Gasteiger partial charge in [-0.25, -0.2) is 4.79 Å². The Kier molecular flexibility index (Phi) is 3.26. The Hall–Kier alpha value is -1.20. The molecule has 0 heterocycles. The first-order valence-electron chi connectivity index (χ1n) is 4.10. The fraction of sp³-hybridized carbons (Fsp3) is 0.444. The van der Waals surface area contributed by atoms with Gasteiger partial charge in [0.2, 0.25) is 5.06 Å². The number of ether oxygens (including phenoxy) is 2. The molecule has 1 unspecified atom stereocenters. The predicted octanol–water partition coefficient (Wildman–Crippen LogP) is 1.40. The molecule has 1 aliphatic carbocycles. The molecule has 6 heteroatoms. The Balaban J connectivity index is 3.19. The van der Waals surface area contributed by atoms with Gasteiger partial charge in [0.05, 0.1) is 7.11 Å². The maximum atomic E-state index is 10.8. The second-order valence-electron chi connectivity index (χ2n) is 3.00. The van der Waals surface area contributed by atoms with Crippen LogP contribution in [0, 0.1) is 0 Å². The molecular weight excluding hydrogens is 224 g/mol. The molecule has 1 atom stereocenters. The van der Waals surface area contributed by atoms with Crippen molar-refractivity contribution in [3.8, 4) is 0 Å². The number of halogens is 1. The van der Waals surface area contributed by atoms with E-state index in [-0.39, 0.29) is 23.5 Å². The summed E-state index contributed by atoms with van der Waals surface area (Å²) in [6, 6.07) is 0. The fourth-order valence-corrected chi connectivity index (χ4v) is 1.49. The maximum Gasteiger partial charge on any atom is 0.331 e. The first kappa shape index (κ1) is 11.9. The van der Waals surface area contributed by atoms with Gasteiger partial charge in [-0.3, -0.25) is 0 Å². The zero-order valence-electron chi connectivity index (χ0n) is 8.28. The number of carboxylic acid groups (broad SMARTS) is 1. The molecule has 0 saturated heterocycles. The van der Waals surface area contributed by atoms with Crippen molar-refractivity contribution < 1.29 is 24.5 Å². The molecule has 1 rings (SSSR count). The van der Waals surface area contributed by atoms with E-state index >= 15 is 0 Å². The molecule has 0 aliphatic heterocycles. The van der Waals surface area contributed by atoms with Gasteiger partial charge in [-0.1, -0.05) is 11.6 Å². The van der Waals surface area contributed by atoms with Gasteiger partial charge in [0.15, 0.2) is 11.5 Å². The van der Waals surface area contributed by atoms with Gasteiger partial charge >= 0.3 is 5.97 Å². The highest BCUT2D eigenvalue weighted by Gasteiger charge is 2.40. The summed E-state index contributed by atoms with van der Waals surface area (Å²) in [5.74, 6) is -1.45. The minimum absolute atomic E-state index is 0.00417. The van der Waals surface area contributed by atoms with Crippen LogP contribution in [-0.2, 0) is 14.3 Å². The van der Waals surface area contributed by atoms with Crippen molar-refractivity contribution in [2.75, 3.05) is 14.2 Å². The van der Waals surface area contributed by atoms with Crippen LogP contribution >= 0.6 is 11.6 Å². The van der Waals surface area contributed by atoms with Crippen molar-refractivity contribution in [1.82, 2.24) is 0 Å². The van der Waals surface area contributed by atoms with Crippen LogP contribution < -0.4 is 0 Å². The predicted molar refractivity (Wildman–Crippen MR) is 52.6 cm³/mol. The zero-order valence-corrected chi connectivity index (χ0v) is 9.04. The Morgan fingerprint density at radius 1 is 1.60 bits per heavy atom. The molecule has 0 amide bonds. The third-order valence-electron chi connectivity index (χ3n) is 2.13. The van der Waals surface area contributed by atoms with E-state index in [2.05, 4.69) is 0 Å². The zero-order chi connectivity index (χ0) is 11.6. The summed E-state index contributed by atoms with van der Waals surface area (Å²) < 4.78 is 9.68. The van der Waals surface area contributed by atoms with Gasteiger partial charge in [-0.15, -0.1) is 0 Å². The molecule has 0 aromatic carbocycles. The summed E-state index contributed by atoms with van der Waals surface area (Å²) in [5, 5.41) is 16.9. The maximum absolute atomic E-state index is 10.8. The van der Waals surface area contributed by atoms with Crippen molar-refractivity contribution >= 4 is 17.6 Å². The standard InChI is InChI=1S/C9H11ClO5/c1-14-6-3-5(8(12)13)4-9(10,15-2)7(6)11/h3,11H,4H2,1-2H3,(H,12,13). The number of hydrogen-bond acceptors (Lipinski definition) is 4. The molecule has 0 saturated carbocycles. The average Bonchev–Trinajstić information content (AvgIpc) is 2.21. The second-order valence-corrected chi connectivity index (χ2v) is 3.61. The highest BCUT2D eigenvalue weighted by molar-refractivity contribution is 6.25. The van der Waals surface area contributed by atoms with Crippen molar-refractivity contribution in [2.24, 2.45) is 0 Å². The summed E-state index contributed by atoms with van der Waals surface area (Å²) in [5.41, 5.74) is 0.0153. The van der Waals surface area contributed by atoms with Crippen molar-refractivity contribution in [1.29, 1.82) is 0 Å². The number of allylic oxidation sites excluding steroid dienone is 1. The highest BCUT2D eigenvalue weighted by atomic mass is 35.5. The van der Waals surface area contributed by atoms with Crippen molar-refractivity contribution in [3.05, 3.63) is 23.2 Å². The van der Waals surface area contributed by atoms with Crippen LogP contribution in [0.1, 0.15) is 6.42 Å². The summed E-state index contributed by atoms with van der Waals surface area (Å²) in [7, 11) is 2.58. The molecule has 2 N–H and O–H groups in total. The molecule has 1 aliphatic rings. The Morgan fingerprint density at radius 2 is 2.20 bits per heavy atom. The number of hydrogen-bond donors (Lipinski definition) is 2. The summed E-state index contributed by atoms with van der Waals surface area (Å²) in [6.07, 6.45) is 1.09. The van der Waals surface area contributed by atoms with E-state index in [4.69, 9.17) is 26.2 Å². The summed E-state index contributed by atoms with van der Waals surface area (Å²) in [4.78, 5) is 10.8. The molecule has 0 fully saturated rings. The number of methoxy groups -OCH3 is 2. The Bertz CT molecular complexity index is 346. The Morgan fingerprint density at radius 3 is 2.60 bits per heavy atom. The average molecular weight is 235 g/mol. The number of aliphatic carboxylic acids is 1. The molecule has 0 bridgehead atoms. The van der Waals surface area contributed by atoms with E-state index in [9.17, 15) is 9.90 Å². The number of aliphatic hydroxyl groups is 1. The Labute approximate surface area is 91.6 Å². The van der Waals surface area contributed by atoms with Crippen LogP contribution in [0.15, 0.2) is 23.2 Å². The van der Waals surface area contributed by atoms with E-state index in [1.54, 1.807) is 0 Å². The second kappa shape index (κ2) is 4.12. The normalized spacial score (nSPS) is 26.2. The van der Waals surface area contributed by atoms with Gasteiger partial charge in [0.1, 0.15) is 0 Å². The molecule has 5 nitrogen and oxygen atoms in total. The minimum atomic E-state index is -1.56. The topological polar surface area (TPSA) is 76.0 Å². The highest BCUT2D eigenvalue weighted by Crippen LogP contribution is 2.38. The molecule has 84 valence electrons. The number of alkyl halides is 1. The van der Waals surface area contributed by atoms with Gasteiger partial charge < -0.3 is 19.7 Å². The van der Waals surface area contributed by atoms with E-state index in [0.29, 0.717) is 0 Å². The first-order chi connectivity index (χ1) is 6.94. The number of carbonyl (C=O) groups is 1. The minimum Gasteiger partial charge on any atom is -0.505 e. The van der Waals surface area contributed by atoms with Crippen molar-refractivity contribution in [3.63, 3.8) is 0 Å². The molecule has 15 heavy (non-hydrogen) atoms. The lowest BCUT2D eigenvalue weighted by Crippen LogP contribution is -2.32. The van der Waals surface area contributed by atoms with Gasteiger partial charge in [-0.2, -0.15) is 0 Å². The molecule has 0 aromatic heterocycles. The van der Waals surface area contributed by atoms with Crippen LogP contribution in [0.2, 0.25) is 0 Å². The number of carboxylic acids is 1. The van der Waals surface area contributed by atoms with Crippen LogP contribution in [0.3, 0.4) is 0 Å².